The molecule has 0 N–H and O–H groups in total. The Labute approximate surface area is 153 Å². The number of nitrogens with zero attached hydrogens (tertiary/aromatic N) is 2. The van der Waals surface area contributed by atoms with Gasteiger partial charge in [-0.3, -0.25) is 4.79 Å². The second-order valence-corrected chi connectivity index (χ2v) is 8.12. The molecule has 2 fully saturated rings. The maximum atomic E-state index is 12.6. The number of benzene rings is 1. The molecule has 1 amide bonds. The summed E-state index contributed by atoms with van der Waals surface area (Å²) in [7, 11) is -3.53. The Balaban J connectivity index is 1.62. The van der Waals surface area contributed by atoms with Crippen molar-refractivity contribution in [3.05, 3.63) is 24.3 Å². The Bertz CT molecular complexity index is 709. The van der Waals surface area contributed by atoms with E-state index in [0.717, 1.165) is 0 Å². The highest BCUT2D eigenvalue weighted by atomic mass is 32.2. The van der Waals surface area contributed by atoms with Crippen LogP contribution in [-0.4, -0.2) is 82.2 Å². The lowest BCUT2D eigenvalue weighted by Gasteiger charge is -2.29. The lowest BCUT2D eigenvalue weighted by atomic mass is 10.3. The largest absolute Gasteiger partial charge is 0.481 e. The summed E-state index contributed by atoms with van der Waals surface area (Å²) in [4.78, 5) is 14.3. The van der Waals surface area contributed by atoms with Crippen LogP contribution in [0.2, 0.25) is 0 Å². The van der Waals surface area contributed by atoms with Crippen LogP contribution in [0.25, 0.3) is 0 Å². The smallest absolute Gasteiger partial charge is 0.263 e. The standard InChI is InChI=1S/C17H24N2O6S/c1-14(17(20)18-6-10-23-11-7-18)25-15-2-4-16(5-3-15)26(21,22)19-8-12-24-13-9-19/h2-5,14H,6-13H2,1H3/t14-/m1/s1. The van der Waals surface area contributed by atoms with Gasteiger partial charge in [0.2, 0.25) is 10.0 Å². The third-order valence-electron chi connectivity index (χ3n) is 4.41. The second kappa shape index (κ2) is 8.34. The maximum Gasteiger partial charge on any atom is 0.263 e. The maximum absolute atomic E-state index is 12.6. The van der Waals surface area contributed by atoms with Gasteiger partial charge in [0.1, 0.15) is 5.75 Å². The van der Waals surface area contributed by atoms with Crippen molar-refractivity contribution in [3.63, 3.8) is 0 Å². The van der Waals surface area contributed by atoms with Crippen LogP contribution in [0.5, 0.6) is 5.75 Å². The Morgan fingerprint density at radius 1 is 1.00 bits per heavy atom. The number of carbonyl (C=O) groups is 1. The van der Waals surface area contributed by atoms with E-state index in [-0.39, 0.29) is 10.8 Å². The van der Waals surface area contributed by atoms with E-state index in [0.29, 0.717) is 58.4 Å². The zero-order chi connectivity index (χ0) is 18.6. The summed E-state index contributed by atoms with van der Waals surface area (Å²) in [6, 6.07) is 6.17. The lowest BCUT2D eigenvalue weighted by Crippen LogP contribution is -2.46. The number of rotatable bonds is 5. The first-order valence-corrected chi connectivity index (χ1v) is 10.1. The van der Waals surface area contributed by atoms with Crippen molar-refractivity contribution in [1.82, 2.24) is 9.21 Å². The van der Waals surface area contributed by atoms with Gasteiger partial charge in [-0.25, -0.2) is 8.42 Å². The Kier molecular flexibility index (Phi) is 6.13. The molecule has 1 atom stereocenters. The van der Waals surface area contributed by atoms with Gasteiger partial charge in [-0.05, 0) is 31.2 Å². The van der Waals surface area contributed by atoms with Crippen LogP contribution in [0.1, 0.15) is 6.92 Å². The number of ether oxygens (including phenoxy) is 3. The molecule has 0 aromatic heterocycles. The molecule has 0 bridgehead atoms. The van der Waals surface area contributed by atoms with Gasteiger partial charge in [0.15, 0.2) is 6.10 Å². The number of hydrogen-bond donors (Lipinski definition) is 0. The fourth-order valence-corrected chi connectivity index (χ4v) is 4.33. The summed E-state index contributed by atoms with van der Waals surface area (Å²) in [5.41, 5.74) is 0. The third-order valence-corrected chi connectivity index (χ3v) is 6.33. The molecule has 9 heteroatoms. The predicted octanol–water partition coefficient (Wildman–Crippen LogP) is 0.334. The summed E-state index contributed by atoms with van der Waals surface area (Å²) in [5.74, 6) is 0.360. The van der Waals surface area contributed by atoms with Crippen LogP contribution in [0, 0.1) is 0 Å². The van der Waals surface area contributed by atoms with Crippen LogP contribution < -0.4 is 4.74 Å². The topological polar surface area (TPSA) is 85.4 Å². The molecule has 2 saturated heterocycles. The average molecular weight is 384 g/mol. The highest BCUT2D eigenvalue weighted by Gasteiger charge is 2.27. The van der Waals surface area contributed by atoms with Crippen molar-refractivity contribution in [2.75, 3.05) is 52.6 Å². The van der Waals surface area contributed by atoms with E-state index < -0.39 is 16.1 Å². The Morgan fingerprint density at radius 3 is 2.12 bits per heavy atom. The molecule has 1 aromatic carbocycles. The molecular formula is C17H24N2O6S. The van der Waals surface area contributed by atoms with Crippen molar-refractivity contribution in [1.29, 1.82) is 0 Å². The molecule has 3 rings (SSSR count). The number of morpholine rings is 2. The molecular weight excluding hydrogens is 360 g/mol. The fourth-order valence-electron chi connectivity index (χ4n) is 2.92. The summed E-state index contributed by atoms with van der Waals surface area (Å²) >= 11 is 0. The van der Waals surface area contributed by atoms with E-state index >= 15 is 0 Å². The molecule has 1 aromatic rings. The summed E-state index contributed by atoms with van der Waals surface area (Å²) in [5, 5.41) is 0. The minimum atomic E-state index is -3.53. The monoisotopic (exact) mass is 384 g/mol. The first-order valence-electron chi connectivity index (χ1n) is 8.69. The van der Waals surface area contributed by atoms with Crippen molar-refractivity contribution >= 4 is 15.9 Å². The molecule has 2 aliphatic heterocycles. The zero-order valence-electron chi connectivity index (χ0n) is 14.8. The van der Waals surface area contributed by atoms with Gasteiger partial charge in [-0.2, -0.15) is 4.31 Å². The molecule has 26 heavy (non-hydrogen) atoms. The third kappa shape index (κ3) is 4.35. The van der Waals surface area contributed by atoms with E-state index in [4.69, 9.17) is 14.2 Å². The molecule has 144 valence electrons. The van der Waals surface area contributed by atoms with Crippen LogP contribution >= 0.6 is 0 Å². The summed E-state index contributed by atoms with van der Waals surface area (Å²) in [6.45, 7) is 5.39. The van der Waals surface area contributed by atoms with Gasteiger partial charge in [-0.1, -0.05) is 0 Å². The van der Waals surface area contributed by atoms with E-state index in [1.807, 2.05) is 0 Å². The first-order chi connectivity index (χ1) is 12.5. The number of amides is 1. The van der Waals surface area contributed by atoms with Crippen LogP contribution in [0.15, 0.2) is 29.2 Å². The molecule has 0 saturated carbocycles. The number of sulfonamides is 1. The molecule has 0 spiro atoms. The Morgan fingerprint density at radius 2 is 1.54 bits per heavy atom. The van der Waals surface area contributed by atoms with Gasteiger partial charge in [0, 0.05) is 26.2 Å². The quantitative estimate of drug-likeness (QED) is 0.728. The highest BCUT2D eigenvalue weighted by Crippen LogP contribution is 2.21. The molecule has 0 radical (unpaired) electrons. The van der Waals surface area contributed by atoms with Crippen LogP contribution in [0.4, 0.5) is 0 Å². The van der Waals surface area contributed by atoms with E-state index in [2.05, 4.69) is 0 Å². The SMILES string of the molecule is C[C@@H](Oc1ccc(S(=O)(=O)N2CCOCC2)cc1)C(=O)N1CCOCC1. The van der Waals surface area contributed by atoms with Crippen LogP contribution in [0.3, 0.4) is 0 Å². The average Bonchev–Trinajstić information content (AvgIpc) is 2.69. The molecule has 2 aliphatic rings. The lowest BCUT2D eigenvalue weighted by molar-refractivity contribution is -0.142. The second-order valence-electron chi connectivity index (χ2n) is 6.19. The fraction of sp³-hybridized carbons (Fsp3) is 0.588. The normalized spacial score (nSPS) is 20.6. The zero-order valence-corrected chi connectivity index (χ0v) is 15.6. The molecule has 0 unspecified atom stereocenters. The highest BCUT2D eigenvalue weighted by molar-refractivity contribution is 7.89. The molecule has 0 aliphatic carbocycles. The van der Waals surface area contributed by atoms with Gasteiger partial charge in [-0.15, -0.1) is 0 Å². The van der Waals surface area contributed by atoms with Crippen molar-refractivity contribution in [3.8, 4) is 5.75 Å². The van der Waals surface area contributed by atoms with E-state index in [1.54, 1.807) is 24.0 Å². The van der Waals surface area contributed by atoms with Gasteiger partial charge in [0.05, 0.1) is 31.3 Å². The van der Waals surface area contributed by atoms with E-state index in [9.17, 15) is 13.2 Å². The number of hydrogen-bond acceptors (Lipinski definition) is 6. The van der Waals surface area contributed by atoms with E-state index in [1.165, 1.54) is 16.4 Å². The molecule has 8 nitrogen and oxygen atoms in total. The van der Waals surface area contributed by atoms with Crippen molar-refractivity contribution in [2.45, 2.75) is 17.9 Å². The van der Waals surface area contributed by atoms with Gasteiger partial charge < -0.3 is 19.1 Å². The van der Waals surface area contributed by atoms with Crippen molar-refractivity contribution in [2.24, 2.45) is 0 Å². The molecule has 2 heterocycles. The van der Waals surface area contributed by atoms with Gasteiger partial charge in [0.25, 0.3) is 5.91 Å². The summed E-state index contributed by atoms with van der Waals surface area (Å²) in [6.07, 6.45) is -0.644. The predicted molar refractivity (Wildman–Crippen MR) is 93.5 cm³/mol. The van der Waals surface area contributed by atoms with Crippen LogP contribution in [-0.2, 0) is 24.3 Å². The minimum Gasteiger partial charge on any atom is -0.481 e. The summed E-state index contributed by atoms with van der Waals surface area (Å²) < 4.78 is 42.7. The van der Waals surface area contributed by atoms with Gasteiger partial charge >= 0.3 is 0 Å². The minimum absolute atomic E-state index is 0.0988. The number of carbonyl (C=O) groups excluding carboxylic acids is 1. The van der Waals surface area contributed by atoms with Crippen molar-refractivity contribution < 1.29 is 27.4 Å². The first kappa shape index (κ1) is 19.1. The Hall–Kier alpha value is -1.68.